The van der Waals surface area contributed by atoms with Crippen LogP contribution >= 0.6 is 0 Å². The Balaban J connectivity index is 0. The van der Waals surface area contributed by atoms with Crippen LogP contribution in [0.5, 0.6) is 0 Å². The molecule has 0 heterocycles. The smallest absolute Gasteiger partial charge is 1.00 e. The summed E-state index contributed by atoms with van der Waals surface area (Å²) in [6, 6.07) is 26.5. The topological polar surface area (TPSA) is 40.9 Å². The predicted molar refractivity (Wildman–Crippen MR) is 124 cm³/mol. The van der Waals surface area contributed by atoms with Gasteiger partial charge in [0.2, 0.25) is 0 Å². The van der Waals surface area contributed by atoms with Crippen molar-refractivity contribution in [1.29, 1.82) is 0 Å². The van der Waals surface area contributed by atoms with Crippen molar-refractivity contribution in [1.82, 2.24) is 0 Å². The Morgan fingerprint density at radius 3 is 1.58 bits per heavy atom. The Hall–Kier alpha value is -1.33. The molecular formula is C25H27Cl2HfNOSi. The summed E-state index contributed by atoms with van der Waals surface area (Å²) in [5.74, 6) is -0.296. The third-order valence-electron chi connectivity index (χ3n) is 4.35. The SMILES string of the molecule is CC(C)c1ccccc1C([NH-])=O.C[Si]C.[Cl-].[Cl-].[Hf+4].c1ccc2c(c1)[cH-]c1ccccc12. The molecule has 160 valence electrons. The fourth-order valence-corrected chi connectivity index (χ4v) is 3.11. The Morgan fingerprint density at radius 2 is 1.19 bits per heavy atom. The van der Waals surface area contributed by atoms with Crippen LogP contribution in [0.3, 0.4) is 0 Å². The Morgan fingerprint density at radius 1 is 0.806 bits per heavy atom. The molecule has 31 heavy (non-hydrogen) atoms. The largest absolute Gasteiger partial charge is 4.00 e. The maximum atomic E-state index is 10.8. The maximum Gasteiger partial charge on any atom is 4.00 e. The van der Waals surface area contributed by atoms with E-state index in [1.807, 2.05) is 26.0 Å². The molecule has 4 aromatic carbocycles. The van der Waals surface area contributed by atoms with Crippen molar-refractivity contribution in [3.63, 3.8) is 0 Å². The van der Waals surface area contributed by atoms with Gasteiger partial charge < -0.3 is 35.3 Å². The minimum atomic E-state index is -0.598. The van der Waals surface area contributed by atoms with E-state index in [4.69, 9.17) is 5.73 Å². The Kier molecular flexibility index (Phi) is 16.8. The molecule has 0 atom stereocenters. The van der Waals surface area contributed by atoms with Crippen molar-refractivity contribution >= 4 is 37.0 Å². The van der Waals surface area contributed by atoms with Gasteiger partial charge in [0.25, 0.3) is 0 Å². The number of hydrogen-bond donors (Lipinski definition) is 0. The molecule has 4 aromatic rings. The third-order valence-corrected chi connectivity index (χ3v) is 4.35. The molecular weight excluding hydrogens is 608 g/mol. The average Bonchev–Trinajstić information content (AvgIpc) is 3.08. The van der Waals surface area contributed by atoms with Crippen molar-refractivity contribution < 1.29 is 55.5 Å². The number of benzene rings is 3. The Bertz CT molecular complexity index is 1000. The normalized spacial score (nSPS) is 9.19. The van der Waals surface area contributed by atoms with Gasteiger partial charge in [0.15, 0.2) is 0 Å². The third kappa shape index (κ3) is 8.97. The van der Waals surface area contributed by atoms with Crippen LogP contribution in [0.25, 0.3) is 27.3 Å². The minimum absolute atomic E-state index is 0. The first-order chi connectivity index (χ1) is 13.5. The zero-order valence-corrected chi connectivity index (χ0v) is 24.4. The molecule has 2 radical (unpaired) electrons. The van der Waals surface area contributed by atoms with Gasteiger partial charge in [-0.15, -0.1) is 39.7 Å². The van der Waals surface area contributed by atoms with Crippen LogP contribution in [-0.4, -0.2) is 15.4 Å². The molecule has 0 saturated carbocycles. The number of carbonyl (C=O) groups excluding carboxylic acids is 1. The van der Waals surface area contributed by atoms with Crippen LogP contribution in [0, 0.1) is 0 Å². The van der Waals surface area contributed by atoms with Crippen LogP contribution in [-0.2, 0) is 25.8 Å². The van der Waals surface area contributed by atoms with Crippen molar-refractivity contribution in [2.45, 2.75) is 32.9 Å². The number of halogens is 2. The summed E-state index contributed by atoms with van der Waals surface area (Å²) in [6.07, 6.45) is 0. The first-order valence-corrected chi connectivity index (χ1v) is 11.5. The molecule has 6 heteroatoms. The van der Waals surface area contributed by atoms with Crippen LogP contribution in [0.1, 0.15) is 35.7 Å². The van der Waals surface area contributed by atoms with Gasteiger partial charge in [0.05, 0.1) is 5.91 Å². The summed E-state index contributed by atoms with van der Waals surface area (Å²) in [7, 11) is 1.08. The molecule has 0 aromatic heterocycles. The minimum Gasteiger partial charge on any atom is -1.00 e. The van der Waals surface area contributed by atoms with Gasteiger partial charge in [-0.2, -0.15) is 0 Å². The molecule has 0 bridgehead atoms. The molecule has 0 unspecified atom stereocenters. The molecule has 0 aliphatic rings. The van der Waals surface area contributed by atoms with E-state index in [0.29, 0.717) is 11.5 Å². The number of hydrogen-bond acceptors (Lipinski definition) is 1. The van der Waals surface area contributed by atoms with E-state index >= 15 is 0 Å². The summed E-state index contributed by atoms with van der Waals surface area (Å²) in [5.41, 5.74) is 8.49. The molecule has 0 saturated heterocycles. The van der Waals surface area contributed by atoms with Crippen LogP contribution < -0.4 is 24.8 Å². The van der Waals surface area contributed by atoms with Crippen LogP contribution in [0.4, 0.5) is 0 Å². The van der Waals surface area contributed by atoms with Crippen molar-refractivity contribution in [3.05, 3.63) is 95.7 Å². The second kappa shape index (κ2) is 16.3. The Labute approximate surface area is 219 Å². The van der Waals surface area contributed by atoms with Gasteiger partial charge in [-0.05, 0) is 11.5 Å². The van der Waals surface area contributed by atoms with E-state index in [1.165, 1.54) is 21.5 Å². The van der Waals surface area contributed by atoms with Gasteiger partial charge in [0.1, 0.15) is 0 Å². The van der Waals surface area contributed by atoms with Gasteiger partial charge >= 0.3 is 25.8 Å². The monoisotopic (exact) mass is 635 g/mol. The van der Waals surface area contributed by atoms with E-state index in [-0.39, 0.29) is 50.7 Å². The molecule has 0 fully saturated rings. The van der Waals surface area contributed by atoms with Gasteiger partial charge in [-0.3, -0.25) is 0 Å². The number of fused-ring (bicyclic) bond motifs is 3. The first-order valence-electron chi connectivity index (χ1n) is 9.46. The fraction of sp³-hybridized carbons (Fsp3) is 0.200. The number of rotatable bonds is 2. The van der Waals surface area contributed by atoms with E-state index in [1.54, 1.807) is 12.1 Å². The number of carbonyl (C=O) groups is 1. The van der Waals surface area contributed by atoms with E-state index < -0.39 is 5.91 Å². The predicted octanol–water partition coefficient (Wildman–Crippen LogP) is 1.51. The molecule has 1 amide bonds. The molecule has 0 aliphatic heterocycles. The van der Waals surface area contributed by atoms with Crippen molar-refractivity contribution in [2.75, 3.05) is 0 Å². The van der Waals surface area contributed by atoms with Crippen LogP contribution in [0.2, 0.25) is 13.1 Å². The number of nitrogens with one attached hydrogen (secondary N) is 1. The zero-order chi connectivity index (χ0) is 20.5. The molecule has 1 N–H and O–H groups in total. The van der Waals surface area contributed by atoms with E-state index in [2.05, 4.69) is 67.7 Å². The van der Waals surface area contributed by atoms with Gasteiger partial charge in [-0.25, -0.2) is 0 Å². The second-order valence-corrected chi connectivity index (χ2v) is 7.89. The van der Waals surface area contributed by atoms with E-state index in [0.717, 1.165) is 15.1 Å². The van der Waals surface area contributed by atoms with Gasteiger partial charge in [0, 0.05) is 15.1 Å². The molecule has 0 spiro atoms. The standard InChI is InChI=1S/C13H9.C10H13NO.C2H6Si.2ClH.Hf/c1-3-7-12-10(5-1)9-11-6-2-4-8-13(11)12;1-7(2)8-5-3-4-6-9(8)10(11)12;1-3-2;;;/h1-9H;3-7H,1-2H3,(H2,11,12);1-2H3;2*1H;/q-1;;;;;+4/p-3. The first kappa shape index (κ1) is 31.9. The summed E-state index contributed by atoms with van der Waals surface area (Å²) < 4.78 is 0. The van der Waals surface area contributed by atoms with Gasteiger partial charge in [-0.1, -0.05) is 87.6 Å². The quantitative estimate of drug-likeness (QED) is 0.244. The summed E-state index contributed by atoms with van der Waals surface area (Å²) in [4.78, 5) is 10.8. The second-order valence-electron chi connectivity index (χ2n) is 6.89. The van der Waals surface area contributed by atoms with Crippen LogP contribution in [0.15, 0.2) is 78.9 Å². The summed E-state index contributed by atoms with van der Waals surface area (Å²) in [5, 5.41) is 5.39. The van der Waals surface area contributed by atoms with E-state index in [9.17, 15) is 4.79 Å². The molecule has 4 rings (SSSR count). The summed E-state index contributed by atoms with van der Waals surface area (Å²) in [6.45, 7) is 8.34. The zero-order valence-electron chi connectivity index (χ0n) is 18.2. The summed E-state index contributed by atoms with van der Waals surface area (Å²) >= 11 is 0. The van der Waals surface area contributed by atoms with Crippen molar-refractivity contribution in [2.24, 2.45) is 0 Å². The molecule has 0 aliphatic carbocycles. The molecule has 2 nitrogen and oxygen atoms in total. The van der Waals surface area contributed by atoms with Crippen molar-refractivity contribution in [3.8, 4) is 0 Å². The maximum absolute atomic E-state index is 10.8. The number of amides is 1. The average molecular weight is 635 g/mol. The fourth-order valence-electron chi connectivity index (χ4n) is 3.11.